The van der Waals surface area contributed by atoms with Gasteiger partial charge in [0.25, 0.3) is 0 Å². The minimum absolute atomic E-state index is 0.434. The summed E-state index contributed by atoms with van der Waals surface area (Å²) in [6.45, 7) is 3.59. The SMILES string of the molecule is COCCN(CC(CN)c1ccccc1)C1CC1. The topological polar surface area (TPSA) is 38.5 Å². The minimum Gasteiger partial charge on any atom is -0.383 e. The van der Waals surface area contributed by atoms with Crippen molar-refractivity contribution in [3.05, 3.63) is 35.9 Å². The molecule has 1 aliphatic rings. The highest BCUT2D eigenvalue weighted by Gasteiger charge is 2.30. The molecule has 3 nitrogen and oxygen atoms in total. The summed E-state index contributed by atoms with van der Waals surface area (Å²) in [5.74, 6) is 0.434. The van der Waals surface area contributed by atoms with Gasteiger partial charge in [-0.15, -0.1) is 0 Å². The molecule has 0 radical (unpaired) electrons. The molecular formula is C15H24N2O. The number of benzene rings is 1. The van der Waals surface area contributed by atoms with Crippen molar-refractivity contribution in [2.75, 3.05) is 33.4 Å². The number of nitrogens with two attached hydrogens (primary N) is 1. The third-order valence-electron chi connectivity index (χ3n) is 3.66. The molecule has 1 aliphatic carbocycles. The van der Waals surface area contributed by atoms with Gasteiger partial charge in [0.05, 0.1) is 6.61 Å². The fraction of sp³-hybridized carbons (Fsp3) is 0.600. The summed E-state index contributed by atoms with van der Waals surface area (Å²) in [6.07, 6.45) is 2.66. The molecule has 0 spiro atoms. The van der Waals surface area contributed by atoms with Crippen molar-refractivity contribution >= 4 is 0 Å². The molecule has 0 aromatic heterocycles. The highest BCUT2D eigenvalue weighted by molar-refractivity contribution is 5.20. The number of ether oxygens (including phenoxy) is 1. The van der Waals surface area contributed by atoms with E-state index < -0.39 is 0 Å². The Morgan fingerprint density at radius 3 is 2.61 bits per heavy atom. The lowest BCUT2D eigenvalue weighted by Gasteiger charge is -2.27. The maximum Gasteiger partial charge on any atom is 0.0589 e. The average Bonchev–Trinajstić information content (AvgIpc) is 3.25. The Hall–Kier alpha value is -0.900. The Labute approximate surface area is 110 Å². The van der Waals surface area contributed by atoms with Crippen LogP contribution in [-0.2, 0) is 4.74 Å². The Morgan fingerprint density at radius 1 is 1.33 bits per heavy atom. The van der Waals surface area contributed by atoms with Crippen LogP contribution in [0, 0.1) is 0 Å². The third kappa shape index (κ3) is 3.80. The Balaban J connectivity index is 1.95. The van der Waals surface area contributed by atoms with Crippen LogP contribution in [0.1, 0.15) is 24.3 Å². The van der Waals surface area contributed by atoms with Gasteiger partial charge in [0, 0.05) is 38.7 Å². The molecule has 1 atom stereocenters. The van der Waals surface area contributed by atoms with Crippen molar-refractivity contribution in [2.24, 2.45) is 5.73 Å². The van der Waals surface area contributed by atoms with E-state index in [4.69, 9.17) is 10.5 Å². The Bertz CT molecular complexity index is 338. The first-order chi connectivity index (χ1) is 8.85. The van der Waals surface area contributed by atoms with Gasteiger partial charge in [-0.25, -0.2) is 0 Å². The predicted molar refractivity (Wildman–Crippen MR) is 74.7 cm³/mol. The largest absolute Gasteiger partial charge is 0.383 e. The van der Waals surface area contributed by atoms with E-state index in [1.54, 1.807) is 7.11 Å². The number of nitrogens with zero attached hydrogens (tertiary/aromatic N) is 1. The fourth-order valence-corrected chi connectivity index (χ4v) is 2.40. The van der Waals surface area contributed by atoms with Crippen molar-refractivity contribution in [3.8, 4) is 0 Å². The van der Waals surface area contributed by atoms with Gasteiger partial charge in [0.15, 0.2) is 0 Å². The molecule has 18 heavy (non-hydrogen) atoms. The Morgan fingerprint density at radius 2 is 2.06 bits per heavy atom. The maximum absolute atomic E-state index is 5.94. The molecule has 1 fully saturated rings. The van der Waals surface area contributed by atoms with Gasteiger partial charge < -0.3 is 10.5 Å². The maximum atomic E-state index is 5.94. The van der Waals surface area contributed by atoms with Crippen LogP contribution >= 0.6 is 0 Å². The second-order valence-corrected chi connectivity index (χ2v) is 5.06. The van der Waals surface area contributed by atoms with Crippen LogP contribution in [0.25, 0.3) is 0 Å². The third-order valence-corrected chi connectivity index (χ3v) is 3.66. The predicted octanol–water partition coefficient (Wildman–Crippen LogP) is 1.84. The van der Waals surface area contributed by atoms with Crippen molar-refractivity contribution in [2.45, 2.75) is 24.8 Å². The molecule has 0 heterocycles. The number of hydrogen-bond acceptors (Lipinski definition) is 3. The molecular weight excluding hydrogens is 224 g/mol. The van der Waals surface area contributed by atoms with E-state index in [-0.39, 0.29) is 0 Å². The van der Waals surface area contributed by atoms with E-state index in [1.807, 2.05) is 0 Å². The van der Waals surface area contributed by atoms with Gasteiger partial charge in [-0.2, -0.15) is 0 Å². The molecule has 1 unspecified atom stereocenters. The van der Waals surface area contributed by atoms with Gasteiger partial charge in [0.2, 0.25) is 0 Å². The standard InChI is InChI=1S/C15H24N2O/c1-18-10-9-17(15-7-8-15)12-14(11-16)13-5-3-2-4-6-13/h2-6,14-15H,7-12,16H2,1H3. The van der Waals surface area contributed by atoms with Crippen LogP contribution in [0.4, 0.5) is 0 Å². The second-order valence-electron chi connectivity index (χ2n) is 5.06. The molecule has 1 aromatic rings. The average molecular weight is 248 g/mol. The summed E-state index contributed by atoms with van der Waals surface area (Å²) in [5, 5.41) is 0. The van der Waals surface area contributed by atoms with Crippen molar-refractivity contribution in [1.82, 2.24) is 4.90 Å². The van der Waals surface area contributed by atoms with E-state index in [2.05, 4.69) is 35.2 Å². The van der Waals surface area contributed by atoms with Crippen LogP contribution in [0.15, 0.2) is 30.3 Å². The zero-order valence-corrected chi connectivity index (χ0v) is 11.2. The van der Waals surface area contributed by atoms with Crippen molar-refractivity contribution < 1.29 is 4.74 Å². The van der Waals surface area contributed by atoms with Crippen molar-refractivity contribution in [3.63, 3.8) is 0 Å². The van der Waals surface area contributed by atoms with E-state index in [0.29, 0.717) is 12.5 Å². The molecule has 0 saturated heterocycles. The summed E-state index contributed by atoms with van der Waals surface area (Å²) >= 11 is 0. The van der Waals surface area contributed by atoms with Gasteiger partial charge in [-0.05, 0) is 18.4 Å². The highest BCUT2D eigenvalue weighted by atomic mass is 16.5. The lowest BCUT2D eigenvalue weighted by Crippen LogP contribution is -2.35. The second kappa shape index (κ2) is 6.88. The van der Waals surface area contributed by atoms with Gasteiger partial charge >= 0.3 is 0 Å². The highest BCUT2D eigenvalue weighted by Crippen LogP contribution is 2.29. The van der Waals surface area contributed by atoms with Gasteiger partial charge in [0.1, 0.15) is 0 Å². The monoisotopic (exact) mass is 248 g/mol. The summed E-state index contributed by atoms with van der Waals surface area (Å²) in [6, 6.07) is 11.4. The Kier molecular flexibility index (Phi) is 5.17. The lowest BCUT2D eigenvalue weighted by molar-refractivity contribution is 0.139. The zero-order valence-electron chi connectivity index (χ0n) is 11.2. The van der Waals surface area contributed by atoms with Crippen LogP contribution in [0.3, 0.4) is 0 Å². The first-order valence-electron chi connectivity index (χ1n) is 6.83. The quantitative estimate of drug-likeness (QED) is 0.763. The smallest absolute Gasteiger partial charge is 0.0589 e. The van der Waals surface area contributed by atoms with E-state index in [0.717, 1.165) is 25.7 Å². The summed E-state index contributed by atoms with van der Waals surface area (Å²) < 4.78 is 5.20. The lowest BCUT2D eigenvalue weighted by atomic mass is 9.98. The summed E-state index contributed by atoms with van der Waals surface area (Å²) in [4.78, 5) is 2.54. The molecule has 0 bridgehead atoms. The molecule has 100 valence electrons. The minimum atomic E-state index is 0.434. The van der Waals surface area contributed by atoms with Crippen molar-refractivity contribution in [1.29, 1.82) is 0 Å². The first-order valence-corrected chi connectivity index (χ1v) is 6.83. The molecule has 2 N–H and O–H groups in total. The van der Waals surface area contributed by atoms with Gasteiger partial charge in [-0.1, -0.05) is 30.3 Å². The van der Waals surface area contributed by atoms with Gasteiger partial charge in [-0.3, -0.25) is 4.90 Å². The molecule has 0 amide bonds. The summed E-state index contributed by atoms with van der Waals surface area (Å²) in [5.41, 5.74) is 7.29. The molecule has 1 aromatic carbocycles. The number of methoxy groups -OCH3 is 1. The number of hydrogen-bond donors (Lipinski definition) is 1. The first kappa shape index (κ1) is 13.5. The normalized spacial score (nSPS) is 17.1. The number of rotatable bonds is 8. The molecule has 2 rings (SSSR count). The molecule has 3 heteroatoms. The van der Waals surface area contributed by atoms with Crippen LogP contribution in [0.5, 0.6) is 0 Å². The van der Waals surface area contributed by atoms with Crippen LogP contribution < -0.4 is 5.73 Å². The zero-order chi connectivity index (χ0) is 12.8. The molecule has 0 aliphatic heterocycles. The molecule has 1 saturated carbocycles. The van der Waals surface area contributed by atoms with Crippen LogP contribution in [-0.4, -0.2) is 44.3 Å². The van der Waals surface area contributed by atoms with Crippen LogP contribution in [0.2, 0.25) is 0 Å². The van der Waals surface area contributed by atoms with E-state index >= 15 is 0 Å². The fourth-order valence-electron chi connectivity index (χ4n) is 2.40. The van der Waals surface area contributed by atoms with E-state index in [9.17, 15) is 0 Å². The summed E-state index contributed by atoms with van der Waals surface area (Å²) in [7, 11) is 1.77. The van der Waals surface area contributed by atoms with E-state index in [1.165, 1.54) is 18.4 Å².